The zero-order valence-corrected chi connectivity index (χ0v) is 25.7. The summed E-state index contributed by atoms with van der Waals surface area (Å²) >= 11 is 0. The third-order valence-corrected chi connectivity index (χ3v) is 9.11. The van der Waals surface area contributed by atoms with E-state index >= 15 is 0 Å². The molecule has 5 aromatic rings. The van der Waals surface area contributed by atoms with Crippen LogP contribution in [0.2, 0.25) is 0 Å². The van der Waals surface area contributed by atoms with Gasteiger partial charge >= 0.3 is 15.2 Å². The summed E-state index contributed by atoms with van der Waals surface area (Å²) in [5, 5.41) is 0. The first-order valence-electron chi connectivity index (χ1n) is 14.1. The van der Waals surface area contributed by atoms with E-state index in [1.165, 1.54) is 0 Å². The van der Waals surface area contributed by atoms with Crippen molar-refractivity contribution in [1.29, 1.82) is 0 Å². The maximum absolute atomic E-state index is 12.1. The van der Waals surface area contributed by atoms with Crippen molar-refractivity contribution in [2.24, 2.45) is 0 Å². The van der Waals surface area contributed by atoms with Crippen molar-refractivity contribution in [3.8, 4) is 22.3 Å². The molecule has 1 aromatic carbocycles. The van der Waals surface area contributed by atoms with Crippen LogP contribution >= 0.6 is 15.2 Å². The number of hydrogen-bond acceptors (Lipinski definition) is 3. The van der Waals surface area contributed by atoms with E-state index in [0.29, 0.717) is 13.0 Å². The molecule has 226 valence electrons. The van der Waals surface area contributed by atoms with Crippen molar-refractivity contribution < 1.29 is 42.4 Å². The van der Waals surface area contributed by atoms with Gasteiger partial charge in [-0.1, -0.05) is 24.3 Å². The van der Waals surface area contributed by atoms with Crippen molar-refractivity contribution in [2.45, 2.75) is 25.6 Å². The van der Waals surface area contributed by atoms with E-state index in [2.05, 4.69) is 9.55 Å². The zero-order chi connectivity index (χ0) is 31.2. The monoisotopic (exact) mass is 633 g/mol. The number of benzene rings is 1. The van der Waals surface area contributed by atoms with Gasteiger partial charge in [-0.3, -0.25) is 14.1 Å². The molecule has 0 saturated carbocycles. The van der Waals surface area contributed by atoms with Crippen LogP contribution in [-0.2, 0) is 28.6 Å². The largest absolute Gasteiger partial charge is 0.332 e. The summed E-state index contributed by atoms with van der Waals surface area (Å²) in [6.07, 6.45) is 14.7. The molecule has 0 aliphatic carbocycles. The highest BCUT2D eigenvalue weighted by Crippen LogP contribution is 2.38. The lowest BCUT2D eigenvalue weighted by Gasteiger charge is -2.16. The molecule has 44 heavy (non-hydrogen) atoms. The first-order valence-corrected chi connectivity index (χ1v) is 17.7. The zero-order valence-electron chi connectivity index (χ0n) is 23.9. The second-order valence-electron chi connectivity index (χ2n) is 10.7. The van der Waals surface area contributed by atoms with Crippen LogP contribution in [0.4, 0.5) is 0 Å². The Morgan fingerprint density at radius 3 is 1.66 bits per heavy atom. The SMILES string of the molecule is O=P(O)(O)CC[n+]1ccc(-c2cc[n+](Cc3ccccc3CC(CP(=O)(O)O)[n+]3ccc(-c4ccncc4)cc3)cc2)cc1. The molecule has 4 heterocycles. The Labute approximate surface area is 255 Å². The molecular weight excluding hydrogens is 598 g/mol. The molecule has 12 heteroatoms. The third-order valence-electron chi connectivity index (χ3n) is 7.43. The van der Waals surface area contributed by atoms with Gasteiger partial charge in [0.1, 0.15) is 12.3 Å². The maximum Gasteiger partial charge on any atom is 0.332 e. The highest BCUT2D eigenvalue weighted by Gasteiger charge is 2.30. The van der Waals surface area contributed by atoms with Crippen molar-refractivity contribution in [3.63, 3.8) is 0 Å². The van der Waals surface area contributed by atoms with E-state index in [1.807, 2.05) is 102 Å². The minimum Gasteiger partial charge on any atom is -0.324 e. The Hall–Kier alpha value is -3.88. The molecule has 4 N–H and O–H groups in total. The smallest absolute Gasteiger partial charge is 0.324 e. The van der Waals surface area contributed by atoms with Gasteiger partial charge in [-0.2, -0.15) is 0 Å². The summed E-state index contributed by atoms with van der Waals surface area (Å²) in [4.78, 5) is 42.1. The molecular formula is C32H35N4O6P2+3. The first-order chi connectivity index (χ1) is 21.0. The van der Waals surface area contributed by atoms with E-state index in [0.717, 1.165) is 33.4 Å². The van der Waals surface area contributed by atoms with Gasteiger partial charge in [-0.25, -0.2) is 13.7 Å². The maximum atomic E-state index is 12.1. The third kappa shape index (κ3) is 9.07. The predicted molar refractivity (Wildman–Crippen MR) is 164 cm³/mol. The molecule has 0 spiro atoms. The molecule has 0 aliphatic rings. The van der Waals surface area contributed by atoms with E-state index in [9.17, 15) is 18.9 Å². The van der Waals surface area contributed by atoms with Crippen molar-refractivity contribution >= 4 is 15.2 Å². The normalized spacial score (nSPS) is 12.6. The Kier molecular flexibility index (Phi) is 9.91. The number of rotatable bonds is 12. The molecule has 0 radical (unpaired) electrons. The van der Waals surface area contributed by atoms with Crippen LogP contribution in [0.5, 0.6) is 0 Å². The molecule has 1 unspecified atom stereocenters. The number of aryl methyl sites for hydroxylation is 1. The average molecular weight is 634 g/mol. The fourth-order valence-corrected chi connectivity index (χ4v) is 6.48. The van der Waals surface area contributed by atoms with Crippen LogP contribution in [0.15, 0.2) is 122 Å². The fraction of sp³-hybridized carbons (Fsp3) is 0.188. The summed E-state index contributed by atoms with van der Waals surface area (Å²) in [6, 6.07) is 23.1. The van der Waals surface area contributed by atoms with Crippen molar-refractivity contribution in [2.75, 3.05) is 12.3 Å². The van der Waals surface area contributed by atoms with Crippen LogP contribution in [0.25, 0.3) is 22.3 Å². The van der Waals surface area contributed by atoms with Gasteiger partial charge < -0.3 is 19.6 Å². The van der Waals surface area contributed by atoms with E-state index in [-0.39, 0.29) is 18.9 Å². The van der Waals surface area contributed by atoms with Gasteiger partial charge in [0.25, 0.3) is 0 Å². The second kappa shape index (κ2) is 13.8. The molecule has 0 bridgehead atoms. The average Bonchev–Trinajstić information content (AvgIpc) is 3.01. The molecule has 1 atom stereocenters. The van der Waals surface area contributed by atoms with Gasteiger partial charge in [0.05, 0.1) is 0 Å². The lowest BCUT2D eigenvalue weighted by Crippen LogP contribution is -2.42. The molecule has 0 fully saturated rings. The number of hydrogen-bond donors (Lipinski definition) is 4. The van der Waals surface area contributed by atoms with Crippen LogP contribution in [0.3, 0.4) is 0 Å². The first kappa shape index (κ1) is 31.5. The lowest BCUT2D eigenvalue weighted by molar-refractivity contribution is -0.718. The minimum atomic E-state index is -4.30. The second-order valence-corrected chi connectivity index (χ2v) is 14.2. The van der Waals surface area contributed by atoms with E-state index in [1.54, 1.807) is 29.4 Å². The number of pyridine rings is 4. The van der Waals surface area contributed by atoms with Gasteiger partial charge in [0.2, 0.25) is 0 Å². The topological polar surface area (TPSA) is 140 Å². The Morgan fingerprint density at radius 2 is 1.11 bits per heavy atom. The van der Waals surface area contributed by atoms with Crippen LogP contribution in [0.1, 0.15) is 17.2 Å². The Balaban J connectivity index is 1.31. The van der Waals surface area contributed by atoms with Crippen molar-refractivity contribution in [3.05, 3.63) is 133 Å². The number of aromatic nitrogens is 4. The van der Waals surface area contributed by atoms with E-state index < -0.39 is 21.2 Å². The highest BCUT2D eigenvalue weighted by atomic mass is 31.2. The number of nitrogens with zero attached hydrogens (tertiary/aromatic N) is 4. The Bertz CT molecular complexity index is 1780. The molecule has 5 rings (SSSR count). The standard InChI is InChI=1S/C32H32N4O6P2/c37-43(38,39)22-21-34-15-7-27(8-16-34)28-9-17-35(18-10-28)24-31-4-2-1-3-30(31)23-32(25-44(40,41)42)36-19-11-29(12-20-36)26-5-13-33-14-6-26/h1-20,32H,21-25H2,(H-3,37,38,39,40,41,42)/p+3. The Morgan fingerprint density at radius 1 is 0.614 bits per heavy atom. The molecule has 0 amide bonds. The highest BCUT2D eigenvalue weighted by molar-refractivity contribution is 7.52. The summed E-state index contributed by atoms with van der Waals surface area (Å²) in [6.45, 7) is 0.824. The molecule has 0 saturated heterocycles. The molecule has 4 aromatic heterocycles. The quantitative estimate of drug-likeness (QED) is 0.122. The summed E-state index contributed by atoms with van der Waals surface area (Å²) in [5.41, 5.74) is 6.06. The molecule has 0 aliphatic heterocycles. The van der Waals surface area contributed by atoms with Crippen LogP contribution in [-0.4, -0.2) is 36.9 Å². The van der Waals surface area contributed by atoms with Gasteiger partial charge in [0.15, 0.2) is 56.3 Å². The van der Waals surface area contributed by atoms with Gasteiger partial charge in [0, 0.05) is 60.8 Å². The van der Waals surface area contributed by atoms with Gasteiger partial charge in [-0.15, -0.1) is 0 Å². The summed E-state index contributed by atoms with van der Waals surface area (Å²) in [5.74, 6) is 0. The van der Waals surface area contributed by atoms with E-state index in [4.69, 9.17) is 9.79 Å². The predicted octanol–water partition coefficient (Wildman–Crippen LogP) is 3.47. The van der Waals surface area contributed by atoms with Crippen molar-refractivity contribution in [1.82, 2.24) is 4.98 Å². The lowest BCUT2D eigenvalue weighted by atomic mass is 10.00. The van der Waals surface area contributed by atoms with Gasteiger partial charge in [-0.05, 0) is 39.9 Å². The minimum absolute atomic E-state index is 0.207. The summed E-state index contributed by atoms with van der Waals surface area (Å²) < 4.78 is 29.0. The fourth-order valence-electron chi connectivity index (χ4n) is 5.12. The summed E-state index contributed by atoms with van der Waals surface area (Å²) in [7, 11) is -8.34. The van der Waals surface area contributed by atoms with Crippen LogP contribution in [0, 0.1) is 0 Å². The van der Waals surface area contributed by atoms with Crippen LogP contribution < -0.4 is 13.7 Å². The molecule has 10 nitrogen and oxygen atoms in total.